The molecule has 0 aliphatic carbocycles. The molecule has 4 nitrogen and oxygen atoms in total. The van der Waals surface area contributed by atoms with Crippen LogP contribution in [0, 0.1) is 5.13 Å². The average molecular weight is 203 g/mol. The minimum atomic E-state index is -0.540. The zero-order valence-electron chi connectivity index (χ0n) is 7.13. The van der Waals surface area contributed by atoms with Gasteiger partial charge in [-0.15, -0.1) is 0 Å². The van der Waals surface area contributed by atoms with Crippen molar-refractivity contribution in [3.05, 3.63) is 16.3 Å². The molecule has 6 heteroatoms. The third kappa shape index (κ3) is 2.74. The Labute approximate surface area is 79.2 Å². The maximum absolute atomic E-state index is 12.8. The van der Waals surface area contributed by atoms with Crippen LogP contribution in [0.4, 0.5) is 4.39 Å². The number of carbonyl (C=O) groups is 1. The molecule has 1 aromatic heterocycles. The summed E-state index contributed by atoms with van der Waals surface area (Å²) in [5, 5.41) is 4.85. The first kappa shape index (κ1) is 10.1. The fourth-order valence-corrected chi connectivity index (χ4v) is 1.27. The van der Waals surface area contributed by atoms with Gasteiger partial charge >= 0.3 is 0 Å². The van der Waals surface area contributed by atoms with E-state index in [1.165, 1.54) is 5.51 Å². The van der Waals surface area contributed by atoms with E-state index in [9.17, 15) is 9.18 Å². The summed E-state index contributed by atoms with van der Waals surface area (Å²) in [4.78, 5) is 14.8. The number of aromatic nitrogens is 1. The van der Waals surface area contributed by atoms with Crippen molar-refractivity contribution in [2.24, 2.45) is 0 Å². The van der Waals surface area contributed by atoms with Crippen LogP contribution < -0.4 is 10.6 Å². The van der Waals surface area contributed by atoms with Gasteiger partial charge in [0.25, 0.3) is 5.91 Å². The van der Waals surface area contributed by atoms with Crippen LogP contribution in [0.5, 0.6) is 0 Å². The van der Waals surface area contributed by atoms with Gasteiger partial charge < -0.3 is 10.6 Å². The Hall–Kier alpha value is -1.01. The van der Waals surface area contributed by atoms with Gasteiger partial charge in [-0.3, -0.25) is 4.79 Å². The molecule has 0 unspecified atom stereocenters. The summed E-state index contributed by atoms with van der Waals surface area (Å²) in [6.07, 6.45) is 0. The summed E-state index contributed by atoms with van der Waals surface area (Å²) in [6.45, 7) is 1.11. The molecule has 0 aromatic carbocycles. The Morgan fingerprint density at radius 1 is 1.69 bits per heavy atom. The number of carbonyl (C=O) groups excluding carboxylic acids is 1. The van der Waals surface area contributed by atoms with Crippen LogP contribution in [0.1, 0.15) is 10.5 Å². The zero-order valence-corrected chi connectivity index (χ0v) is 7.95. The molecule has 2 N–H and O–H groups in total. The van der Waals surface area contributed by atoms with Gasteiger partial charge in [-0.05, 0) is 7.05 Å². The van der Waals surface area contributed by atoms with E-state index in [0.717, 1.165) is 11.3 Å². The predicted octanol–water partition coefficient (Wildman–Crippen LogP) is 0.231. The molecule has 0 atom stereocenters. The van der Waals surface area contributed by atoms with Gasteiger partial charge in [0.05, 0.1) is 5.51 Å². The second-order valence-corrected chi connectivity index (χ2v) is 3.14. The highest BCUT2D eigenvalue weighted by Gasteiger charge is 2.13. The SMILES string of the molecule is CNCCNC(=O)c1ncsc1F. The molecule has 1 aromatic rings. The molecule has 1 amide bonds. The van der Waals surface area contributed by atoms with Crippen LogP contribution >= 0.6 is 11.3 Å². The van der Waals surface area contributed by atoms with E-state index in [2.05, 4.69) is 15.6 Å². The average Bonchev–Trinajstić information content (AvgIpc) is 2.52. The van der Waals surface area contributed by atoms with E-state index in [4.69, 9.17) is 0 Å². The van der Waals surface area contributed by atoms with Crippen molar-refractivity contribution in [3.8, 4) is 0 Å². The molecule has 0 aliphatic heterocycles. The van der Waals surface area contributed by atoms with Crippen molar-refractivity contribution in [3.63, 3.8) is 0 Å². The lowest BCUT2D eigenvalue weighted by molar-refractivity contribution is 0.0946. The number of halogens is 1. The van der Waals surface area contributed by atoms with Crippen LogP contribution in [0.25, 0.3) is 0 Å². The van der Waals surface area contributed by atoms with Gasteiger partial charge in [-0.25, -0.2) is 4.98 Å². The van der Waals surface area contributed by atoms with Gasteiger partial charge in [0, 0.05) is 13.1 Å². The minimum absolute atomic E-state index is 0.124. The molecule has 0 radical (unpaired) electrons. The number of nitrogens with zero attached hydrogens (tertiary/aromatic N) is 1. The van der Waals surface area contributed by atoms with Gasteiger partial charge in [0.1, 0.15) is 0 Å². The molecule has 0 fully saturated rings. The summed E-state index contributed by atoms with van der Waals surface area (Å²) in [5.41, 5.74) is 1.18. The Morgan fingerprint density at radius 3 is 3.00 bits per heavy atom. The lowest BCUT2D eigenvalue weighted by Crippen LogP contribution is -2.31. The molecule has 0 saturated carbocycles. The van der Waals surface area contributed by atoms with E-state index in [1.54, 1.807) is 7.05 Å². The van der Waals surface area contributed by atoms with E-state index in [-0.39, 0.29) is 5.69 Å². The third-order valence-electron chi connectivity index (χ3n) is 1.40. The van der Waals surface area contributed by atoms with Gasteiger partial charge in [-0.1, -0.05) is 11.3 Å². The van der Waals surface area contributed by atoms with Crippen molar-refractivity contribution in [2.45, 2.75) is 0 Å². The number of nitrogens with one attached hydrogen (secondary N) is 2. The number of hydrogen-bond acceptors (Lipinski definition) is 4. The number of amides is 1. The summed E-state index contributed by atoms with van der Waals surface area (Å²) >= 11 is 0.818. The van der Waals surface area contributed by atoms with Crippen LogP contribution in [0.2, 0.25) is 0 Å². The Balaban J connectivity index is 2.45. The van der Waals surface area contributed by atoms with E-state index in [1.807, 2.05) is 0 Å². The molecule has 0 bridgehead atoms. The van der Waals surface area contributed by atoms with E-state index in [0.29, 0.717) is 13.1 Å². The smallest absolute Gasteiger partial charge is 0.273 e. The Kier molecular flexibility index (Phi) is 3.78. The fourth-order valence-electron chi connectivity index (χ4n) is 0.765. The van der Waals surface area contributed by atoms with Crippen molar-refractivity contribution < 1.29 is 9.18 Å². The Bertz CT molecular complexity index is 289. The number of hydrogen-bond donors (Lipinski definition) is 2. The summed E-state index contributed by atoms with van der Waals surface area (Å²) in [7, 11) is 1.77. The standard InChI is InChI=1S/C7H10FN3OS/c1-9-2-3-10-7(12)5-6(8)13-4-11-5/h4,9H,2-3H2,1H3,(H,10,12). The lowest BCUT2D eigenvalue weighted by Gasteiger charge is -2.01. The van der Waals surface area contributed by atoms with E-state index < -0.39 is 11.0 Å². The number of likely N-dealkylation sites (N-methyl/N-ethyl adjacent to an activating group) is 1. The maximum Gasteiger partial charge on any atom is 0.273 e. The second kappa shape index (κ2) is 4.88. The molecule has 0 aliphatic rings. The van der Waals surface area contributed by atoms with Crippen molar-refractivity contribution in [1.29, 1.82) is 0 Å². The molecule has 0 spiro atoms. The van der Waals surface area contributed by atoms with Gasteiger partial charge in [-0.2, -0.15) is 4.39 Å². The molecule has 1 rings (SSSR count). The Morgan fingerprint density at radius 2 is 2.46 bits per heavy atom. The number of thiazole rings is 1. The second-order valence-electron chi connectivity index (χ2n) is 2.33. The summed E-state index contributed by atoms with van der Waals surface area (Å²) < 4.78 is 12.8. The van der Waals surface area contributed by atoms with Crippen LogP contribution in [-0.4, -0.2) is 31.0 Å². The zero-order chi connectivity index (χ0) is 9.68. The van der Waals surface area contributed by atoms with Crippen molar-refractivity contribution >= 4 is 17.2 Å². The quantitative estimate of drug-likeness (QED) is 0.689. The summed E-state index contributed by atoms with van der Waals surface area (Å²) in [5.74, 6) is -0.464. The first-order valence-corrected chi connectivity index (χ1v) is 4.65. The van der Waals surface area contributed by atoms with Crippen LogP contribution in [0.3, 0.4) is 0 Å². The molecular formula is C7H10FN3OS. The third-order valence-corrected chi connectivity index (χ3v) is 2.01. The maximum atomic E-state index is 12.8. The fraction of sp³-hybridized carbons (Fsp3) is 0.429. The molecule has 72 valence electrons. The van der Waals surface area contributed by atoms with Crippen LogP contribution in [-0.2, 0) is 0 Å². The van der Waals surface area contributed by atoms with Crippen molar-refractivity contribution in [2.75, 3.05) is 20.1 Å². The highest BCUT2D eigenvalue weighted by atomic mass is 32.1. The van der Waals surface area contributed by atoms with Gasteiger partial charge in [0.15, 0.2) is 5.69 Å². The van der Waals surface area contributed by atoms with Crippen molar-refractivity contribution in [1.82, 2.24) is 15.6 Å². The largest absolute Gasteiger partial charge is 0.349 e. The summed E-state index contributed by atoms with van der Waals surface area (Å²) in [6, 6.07) is 0. The molecule has 0 saturated heterocycles. The van der Waals surface area contributed by atoms with Gasteiger partial charge in [0.2, 0.25) is 5.13 Å². The van der Waals surface area contributed by atoms with E-state index >= 15 is 0 Å². The first-order valence-electron chi connectivity index (χ1n) is 3.77. The van der Waals surface area contributed by atoms with Crippen LogP contribution in [0.15, 0.2) is 5.51 Å². The predicted molar refractivity (Wildman–Crippen MR) is 48.3 cm³/mol. The normalized spacial score (nSPS) is 10.0. The molecule has 1 heterocycles. The minimum Gasteiger partial charge on any atom is -0.349 e. The highest BCUT2D eigenvalue weighted by molar-refractivity contribution is 7.08. The lowest BCUT2D eigenvalue weighted by atomic mass is 10.4. The number of rotatable bonds is 4. The molecule has 13 heavy (non-hydrogen) atoms. The molecular weight excluding hydrogens is 193 g/mol. The topological polar surface area (TPSA) is 54.0 Å². The monoisotopic (exact) mass is 203 g/mol. The first-order chi connectivity index (χ1) is 6.25. The highest BCUT2D eigenvalue weighted by Crippen LogP contribution is 2.09.